The van der Waals surface area contributed by atoms with Crippen LogP contribution in [0.25, 0.3) is 0 Å². The van der Waals surface area contributed by atoms with Gasteiger partial charge in [-0.15, -0.1) is 0 Å². The molecule has 4 heteroatoms. The summed E-state index contributed by atoms with van der Waals surface area (Å²) in [5.74, 6) is -0.815. The van der Waals surface area contributed by atoms with Crippen molar-refractivity contribution in [2.75, 3.05) is 14.2 Å². The summed E-state index contributed by atoms with van der Waals surface area (Å²) in [5.41, 5.74) is 0. The van der Waals surface area contributed by atoms with Crippen LogP contribution in [0.2, 0.25) is 0 Å². The van der Waals surface area contributed by atoms with E-state index in [1.807, 2.05) is 0 Å². The van der Waals surface area contributed by atoms with Gasteiger partial charge in [-0.25, -0.2) is 0 Å². The predicted octanol–water partition coefficient (Wildman–Crippen LogP) is 2.56. The van der Waals surface area contributed by atoms with Crippen LogP contribution in [0.3, 0.4) is 0 Å². The molecule has 0 spiro atoms. The molecule has 0 N–H and O–H groups in total. The van der Waals surface area contributed by atoms with Crippen LogP contribution in [-0.4, -0.2) is 26.2 Å². The smallest absolute Gasteiger partial charge is 0.320 e. The van der Waals surface area contributed by atoms with Crippen molar-refractivity contribution in [3.05, 3.63) is 0 Å². The second-order valence-corrected chi connectivity index (χ2v) is 5.09. The third-order valence-corrected chi connectivity index (χ3v) is 3.97. The first-order chi connectivity index (χ1) is 8.63. The summed E-state index contributed by atoms with van der Waals surface area (Å²) >= 11 is 0. The van der Waals surface area contributed by atoms with Crippen molar-refractivity contribution in [2.24, 2.45) is 17.8 Å². The van der Waals surface area contributed by atoms with Gasteiger partial charge in [-0.05, 0) is 24.7 Å². The fraction of sp³-hybridized carbons (Fsp3) is 0.857. The molecule has 0 aliphatic heterocycles. The van der Waals surface area contributed by atoms with E-state index in [0.29, 0.717) is 0 Å². The number of methoxy groups -OCH3 is 2. The highest BCUT2D eigenvalue weighted by atomic mass is 16.5. The van der Waals surface area contributed by atoms with E-state index in [1.165, 1.54) is 27.1 Å². The molecular formula is C14H24O4. The Labute approximate surface area is 109 Å². The lowest BCUT2D eigenvalue weighted by atomic mass is 9.74. The average molecular weight is 256 g/mol. The van der Waals surface area contributed by atoms with Crippen LogP contribution in [0.4, 0.5) is 0 Å². The molecule has 0 saturated heterocycles. The lowest BCUT2D eigenvalue weighted by molar-refractivity contribution is -0.162. The van der Waals surface area contributed by atoms with Crippen LogP contribution in [0.15, 0.2) is 0 Å². The molecule has 104 valence electrons. The minimum absolute atomic E-state index is 0.0815. The molecule has 4 nitrogen and oxygen atoms in total. The molecule has 18 heavy (non-hydrogen) atoms. The molecule has 0 amide bonds. The Morgan fingerprint density at radius 2 is 1.56 bits per heavy atom. The summed E-state index contributed by atoms with van der Waals surface area (Å²) in [5, 5.41) is 0. The van der Waals surface area contributed by atoms with E-state index in [9.17, 15) is 9.59 Å². The highest BCUT2D eigenvalue weighted by Gasteiger charge is 2.38. The molecule has 0 aromatic carbocycles. The predicted molar refractivity (Wildman–Crippen MR) is 67.9 cm³/mol. The van der Waals surface area contributed by atoms with Gasteiger partial charge in [0.1, 0.15) is 0 Å². The first-order valence-electron chi connectivity index (χ1n) is 6.79. The van der Waals surface area contributed by atoms with Gasteiger partial charge in [-0.3, -0.25) is 9.59 Å². The van der Waals surface area contributed by atoms with Gasteiger partial charge < -0.3 is 9.47 Å². The van der Waals surface area contributed by atoms with E-state index in [2.05, 4.69) is 6.92 Å². The molecule has 0 aromatic heterocycles. The Bertz CT molecular complexity index is 264. The van der Waals surface area contributed by atoms with Gasteiger partial charge in [0.25, 0.3) is 0 Å². The van der Waals surface area contributed by atoms with Crippen LogP contribution in [0.5, 0.6) is 0 Å². The Kier molecular flexibility index (Phi) is 6.16. The summed E-state index contributed by atoms with van der Waals surface area (Å²) in [4.78, 5) is 23.4. The summed E-state index contributed by atoms with van der Waals surface area (Å²) < 4.78 is 9.45. The highest BCUT2D eigenvalue weighted by molar-refractivity contribution is 5.95. The monoisotopic (exact) mass is 256 g/mol. The number of hydrogen-bond acceptors (Lipinski definition) is 4. The number of hydrogen-bond donors (Lipinski definition) is 0. The molecule has 1 rings (SSSR count). The second kappa shape index (κ2) is 7.39. The molecule has 0 atom stereocenters. The Morgan fingerprint density at radius 3 is 1.94 bits per heavy atom. The number of rotatable bonds is 5. The van der Waals surface area contributed by atoms with Crippen LogP contribution in [0, 0.1) is 17.8 Å². The van der Waals surface area contributed by atoms with Gasteiger partial charge in [0.15, 0.2) is 5.92 Å². The minimum atomic E-state index is -0.734. The van der Waals surface area contributed by atoms with E-state index >= 15 is 0 Å². The molecule has 0 radical (unpaired) electrons. The fourth-order valence-electron chi connectivity index (χ4n) is 2.95. The van der Waals surface area contributed by atoms with Gasteiger partial charge in [-0.2, -0.15) is 0 Å². The summed E-state index contributed by atoms with van der Waals surface area (Å²) in [6, 6.07) is 0. The molecule has 0 unspecified atom stereocenters. The maximum absolute atomic E-state index is 11.7. The molecule has 1 aliphatic carbocycles. The zero-order valence-corrected chi connectivity index (χ0v) is 11.6. The Morgan fingerprint density at radius 1 is 1.06 bits per heavy atom. The topological polar surface area (TPSA) is 52.6 Å². The van der Waals surface area contributed by atoms with Crippen LogP contribution in [-0.2, 0) is 19.1 Å². The molecule has 1 aliphatic rings. The van der Waals surface area contributed by atoms with Crippen molar-refractivity contribution < 1.29 is 19.1 Å². The highest BCUT2D eigenvalue weighted by Crippen LogP contribution is 2.36. The van der Waals surface area contributed by atoms with E-state index in [4.69, 9.17) is 9.47 Å². The van der Waals surface area contributed by atoms with Crippen molar-refractivity contribution in [1.82, 2.24) is 0 Å². The van der Waals surface area contributed by atoms with Gasteiger partial charge in [-0.1, -0.05) is 32.6 Å². The zero-order valence-electron chi connectivity index (χ0n) is 11.6. The number of esters is 2. The maximum Gasteiger partial charge on any atom is 0.320 e. The molecular weight excluding hydrogens is 232 g/mol. The van der Waals surface area contributed by atoms with E-state index in [-0.39, 0.29) is 5.92 Å². The standard InChI is InChI=1S/C14H24O4/c1-4-5-10-6-8-11(9-7-10)12(13(15)17-2)14(16)18-3/h10-12H,4-9H2,1-3H3. The normalized spacial score (nSPS) is 23.8. The van der Waals surface area contributed by atoms with Gasteiger partial charge in [0, 0.05) is 0 Å². The lowest BCUT2D eigenvalue weighted by Crippen LogP contribution is -2.35. The largest absolute Gasteiger partial charge is 0.468 e. The number of carbonyl (C=O) groups is 2. The minimum Gasteiger partial charge on any atom is -0.468 e. The average Bonchev–Trinajstić information content (AvgIpc) is 2.40. The van der Waals surface area contributed by atoms with Gasteiger partial charge in [0.05, 0.1) is 14.2 Å². The van der Waals surface area contributed by atoms with E-state index < -0.39 is 17.9 Å². The SMILES string of the molecule is CCCC1CCC(C(C(=O)OC)C(=O)OC)CC1. The first kappa shape index (κ1) is 15.0. The van der Waals surface area contributed by atoms with Crippen molar-refractivity contribution in [2.45, 2.75) is 45.4 Å². The van der Waals surface area contributed by atoms with Crippen molar-refractivity contribution in [3.63, 3.8) is 0 Å². The van der Waals surface area contributed by atoms with Gasteiger partial charge in [0.2, 0.25) is 0 Å². The maximum atomic E-state index is 11.7. The number of ether oxygens (including phenoxy) is 2. The molecule has 0 bridgehead atoms. The van der Waals surface area contributed by atoms with E-state index in [1.54, 1.807) is 0 Å². The molecule has 1 saturated carbocycles. The third-order valence-electron chi connectivity index (χ3n) is 3.97. The molecule has 0 aromatic rings. The van der Waals surface area contributed by atoms with Gasteiger partial charge >= 0.3 is 11.9 Å². The summed E-state index contributed by atoms with van der Waals surface area (Å²) in [6.45, 7) is 2.19. The van der Waals surface area contributed by atoms with E-state index in [0.717, 1.165) is 31.6 Å². The molecule has 1 fully saturated rings. The van der Waals surface area contributed by atoms with Crippen molar-refractivity contribution in [3.8, 4) is 0 Å². The quantitative estimate of drug-likeness (QED) is 0.560. The van der Waals surface area contributed by atoms with Crippen molar-refractivity contribution >= 4 is 11.9 Å². The first-order valence-corrected chi connectivity index (χ1v) is 6.79. The summed E-state index contributed by atoms with van der Waals surface area (Å²) in [6.07, 6.45) is 6.48. The lowest BCUT2D eigenvalue weighted by Gasteiger charge is -2.31. The Hall–Kier alpha value is -1.06. The Balaban J connectivity index is 2.60. The second-order valence-electron chi connectivity index (χ2n) is 5.09. The third kappa shape index (κ3) is 3.72. The zero-order chi connectivity index (χ0) is 13.5. The van der Waals surface area contributed by atoms with Crippen molar-refractivity contribution in [1.29, 1.82) is 0 Å². The summed E-state index contributed by atoms with van der Waals surface area (Å²) in [7, 11) is 2.64. The van der Waals surface area contributed by atoms with Crippen LogP contribution in [0.1, 0.15) is 45.4 Å². The number of carbonyl (C=O) groups excluding carboxylic acids is 2. The fourth-order valence-corrected chi connectivity index (χ4v) is 2.95. The molecule has 0 heterocycles. The van der Waals surface area contributed by atoms with Crippen LogP contribution >= 0.6 is 0 Å². The van der Waals surface area contributed by atoms with Crippen LogP contribution < -0.4 is 0 Å².